The number of ether oxygens (including phenoxy) is 2. The highest BCUT2D eigenvalue weighted by Crippen LogP contribution is 2.35. The van der Waals surface area contributed by atoms with Gasteiger partial charge in [0.15, 0.2) is 0 Å². The van der Waals surface area contributed by atoms with E-state index >= 15 is 0 Å². The van der Waals surface area contributed by atoms with Gasteiger partial charge in [-0.05, 0) is 12.8 Å². The van der Waals surface area contributed by atoms with Crippen molar-refractivity contribution in [2.24, 2.45) is 5.73 Å². The van der Waals surface area contributed by atoms with E-state index in [1.165, 1.54) is 186 Å². The molecule has 0 aliphatic heterocycles. The Morgan fingerprint density at radius 1 is 0.528 bits per heavy atom. The smallest absolute Gasteiger partial charge is 0.469 e. The van der Waals surface area contributed by atoms with Crippen LogP contribution in [0.1, 0.15) is 219 Å². The van der Waals surface area contributed by atoms with Crippen molar-refractivity contribution in [2.45, 2.75) is 231 Å². The molecule has 0 amide bonds. The van der Waals surface area contributed by atoms with Crippen molar-refractivity contribution in [3.05, 3.63) is 0 Å². The van der Waals surface area contributed by atoms with E-state index in [-0.39, 0.29) is 6.61 Å². The number of aliphatic carboxylic acids is 1. The lowest BCUT2D eigenvalue weighted by Gasteiger charge is -2.18. The van der Waals surface area contributed by atoms with Crippen molar-refractivity contribution in [1.29, 1.82) is 0 Å². The molecular formula is C42H88NO9P. The van der Waals surface area contributed by atoms with Crippen LogP contribution in [-0.2, 0) is 23.4 Å². The fourth-order valence-corrected chi connectivity index (χ4v) is 6.63. The molecule has 0 aromatic carbocycles. The first-order valence-electron chi connectivity index (χ1n) is 22.2. The van der Waals surface area contributed by atoms with Crippen LogP contribution < -0.4 is 5.73 Å². The lowest BCUT2D eigenvalue weighted by Crippen LogP contribution is -2.33. The summed E-state index contributed by atoms with van der Waals surface area (Å²) in [5.41, 5.74) is 4.77. The van der Waals surface area contributed by atoms with Crippen LogP contribution in [0.25, 0.3) is 0 Å². The predicted octanol–water partition coefficient (Wildman–Crippen LogP) is 11.4. The predicted molar refractivity (Wildman–Crippen MR) is 220 cm³/mol. The Labute approximate surface area is 326 Å². The molecule has 2 unspecified atom stereocenters. The van der Waals surface area contributed by atoms with Crippen LogP contribution in [0.4, 0.5) is 0 Å². The van der Waals surface area contributed by atoms with Crippen molar-refractivity contribution < 1.29 is 43.4 Å². The fraction of sp³-hybridized carbons (Fsp3) is 0.976. The maximum absolute atomic E-state index is 11.2. The molecule has 0 radical (unpaired) electrons. The molecule has 6 N–H and O–H groups in total. The maximum Gasteiger partial charge on any atom is 0.469 e. The van der Waals surface area contributed by atoms with Crippen molar-refractivity contribution in [3.8, 4) is 0 Å². The quantitative estimate of drug-likeness (QED) is 0.0297. The summed E-state index contributed by atoms with van der Waals surface area (Å²) in [6, 6.07) is -1.13. The summed E-state index contributed by atoms with van der Waals surface area (Å²) in [5.74, 6) is -1.18. The number of rotatable bonds is 42. The van der Waals surface area contributed by atoms with Crippen LogP contribution >= 0.6 is 7.82 Å². The van der Waals surface area contributed by atoms with Crippen LogP contribution in [0.15, 0.2) is 0 Å². The average Bonchev–Trinajstić information content (AvgIpc) is 3.13. The number of carboxylic acid groups (broad SMARTS) is 1. The minimum absolute atomic E-state index is 0.137. The first kappa shape index (κ1) is 54.5. The van der Waals surface area contributed by atoms with Gasteiger partial charge in [0.25, 0.3) is 0 Å². The SMILES string of the molecule is CCCCCCCCCCCCCCCCCCOCC(COP(=O)(O)O)OCCCCCCCCCCCCCCCCCC.NC(CO)C(=O)O. The highest BCUT2D eigenvalue weighted by Gasteiger charge is 2.19. The van der Waals surface area contributed by atoms with Crippen LogP contribution in [0.5, 0.6) is 0 Å². The van der Waals surface area contributed by atoms with E-state index in [0.717, 1.165) is 19.3 Å². The topological polar surface area (TPSA) is 169 Å². The van der Waals surface area contributed by atoms with E-state index in [0.29, 0.717) is 19.8 Å². The van der Waals surface area contributed by atoms with Gasteiger partial charge in [0.2, 0.25) is 0 Å². The summed E-state index contributed by atoms with van der Waals surface area (Å²) in [4.78, 5) is 27.9. The van der Waals surface area contributed by atoms with Crippen molar-refractivity contribution >= 4 is 13.8 Å². The normalized spacial score (nSPS) is 12.8. The number of unbranched alkanes of at least 4 members (excludes halogenated alkanes) is 30. The molecule has 11 heteroatoms. The number of carboxylic acids is 1. The molecule has 0 heterocycles. The third-order valence-corrected chi connectivity index (χ3v) is 10.2. The number of carbonyl (C=O) groups is 1. The summed E-state index contributed by atoms with van der Waals surface area (Å²) < 4.78 is 27.6. The van der Waals surface area contributed by atoms with E-state index in [9.17, 15) is 9.36 Å². The minimum atomic E-state index is -4.51. The van der Waals surface area contributed by atoms with Crippen LogP contribution in [-0.4, -0.2) is 71.1 Å². The molecule has 0 aromatic heterocycles. The molecule has 0 fully saturated rings. The molecule has 0 aliphatic carbocycles. The van der Waals surface area contributed by atoms with Crippen LogP contribution in [0.2, 0.25) is 0 Å². The number of hydrogen-bond donors (Lipinski definition) is 5. The van der Waals surface area contributed by atoms with Gasteiger partial charge in [-0.25, -0.2) is 4.57 Å². The zero-order chi connectivity index (χ0) is 39.5. The number of phosphoric acid groups is 1. The third-order valence-electron chi connectivity index (χ3n) is 9.74. The van der Waals surface area contributed by atoms with E-state index in [1.807, 2.05) is 0 Å². The second-order valence-corrected chi connectivity index (χ2v) is 16.3. The Morgan fingerprint density at radius 2 is 0.830 bits per heavy atom. The van der Waals surface area contributed by atoms with Gasteiger partial charge >= 0.3 is 13.8 Å². The van der Waals surface area contributed by atoms with Gasteiger partial charge in [-0.2, -0.15) is 0 Å². The van der Waals surface area contributed by atoms with Gasteiger partial charge < -0.3 is 35.2 Å². The van der Waals surface area contributed by atoms with Gasteiger partial charge in [-0.15, -0.1) is 0 Å². The van der Waals surface area contributed by atoms with Gasteiger partial charge in [-0.1, -0.05) is 206 Å². The standard InChI is InChI=1S/C39H81O6P.C3H7NO3/c1-3-5-7-9-11-13-15-17-19-21-23-25-27-29-31-33-35-43-37-39(38-45-46(40,41)42)44-36-34-32-30-28-26-24-22-20-18-16-14-12-10-8-6-4-2;4-2(1-5)3(6)7/h39H,3-38H2,1-2H3,(H2,40,41,42);2,5H,1,4H2,(H,6,7). The van der Waals surface area contributed by atoms with E-state index in [1.54, 1.807) is 0 Å². The minimum Gasteiger partial charge on any atom is -0.480 e. The second kappa shape index (κ2) is 44.1. The Balaban J connectivity index is 0. The van der Waals surface area contributed by atoms with Gasteiger partial charge in [0.05, 0.1) is 19.8 Å². The highest BCUT2D eigenvalue weighted by atomic mass is 31.2. The Kier molecular flexibility index (Phi) is 45.4. The molecule has 0 rings (SSSR count). The van der Waals surface area contributed by atoms with E-state index in [4.69, 9.17) is 39.7 Å². The van der Waals surface area contributed by atoms with Gasteiger partial charge in [0, 0.05) is 13.2 Å². The zero-order valence-corrected chi connectivity index (χ0v) is 35.6. The summed E-state index contributed by atoms with van der Waals surface area (Å²) in [5, 5.41) is 15.9. The van der Waals surface area contributed by atoms with Crippen LogP contribution in [0, 0.1) is 0 Å². The molecule has 2 atom stereocenters. The van der Waals surface area contributed by atoms with Crippen molar-refractivity contribution in [3.63, 3.8) is 0 Å². The largest absolute Gasteiger partial charge is 0.480 e. The zero-order valence-electron chi connectivity index (χ0n) is 34.7. The van der Waals surface area contributed by atoms with Crippen molar-refractivity contribution in [2.75, 3.05) is 33.0 Å². The molecule has 0 aliphatic rings. The van der Waals surface area contributed by atoms with E-state index in [2.05, 4.69) is 13.8 Å². The number of nitrogens with two attached hydrogens (primary N) is 1. The summed E-state index contributed by atoms with van der Waals surface area (Å²) in [7, 11) is -4.51. The van der Waals surface area contributed by atoms with Gasteiger partial charge in [-0.3, -0.25) is 9.32 Å². The molecule has 10 nitrogen and oxygen atoms in total. The number of aliphatic hydroxyl groups excluding tert-OH is 1. The van der Waals surface area contributed by atoms with Crippen molar-refractivity contribution in [1.82, 2.24) is 0 Å². The van der Waals surface area contributed by atoms with Gasteiger partial charge in [0.1, 0.15) is 12.1 Å². The third kappa shape index (κ3) is 49.4. The van der Waals surface area contributed by atoms with E-state index < -0.39 is 32.5 Å². The second-order valence-electron chi connectivity index (χ2n) is 15.1. The molecule has 0 aromatic rings. The highest BCUT2D eigenvalue weighted by molar-refractivity contribution is 7.46. The van der Waals surface area contributed by atoms with Crippen LogP contribution in [0.3, 0.4) is 0 Å². The molecule has 320 valence electrons. The Bertz CT molecular complexity index is 771. The lowest BCUT2D eigenvalue weighted by atomic mass is 10.0. The first-order valence-corrected chi connectivity index (χ1v) is 23.7. The Hall–Kier alpha value is -0.580. The summed E-state index contributed by atoms with van der Waals surface area (Å²) in [6.45, 7) is 5.47. The fourth-order valence-electron chi connectivity index (χ4n) is 6.27. The number of hydrogen-bond acceptors (Lipinski definition) is 7. The molecule has 0 spiro atoms. The Morgan fingerprint density at radius 3 is 1.09 bits per heavy atom. The molecule has 0 saturated heterocycles. The molecule has 0 saturated carbocycles. The molecular weight excluding hydrogens is 693 g/mol. The molecule has 53 heavy (non-hydrogen) atoms. The monoisotopic (exact) mass is 782 g/mol. The molecule has 0 bridgehead atoms. The summed E-state index contributed by atoms with van der Waals surface area (Å²) in [6.07, 6.45) is 42.3. The lowest BCUT2D eigenvalue weighted by molar-refractivity contribution is -0.139. The first-order chi connectivity index (χ1) is 25.7. The number of phosphoric ester groups is 1. The summed E-state index contributed by atoms with van der Waals surface area (Å²) >= 11 is 0. The maximum atomic E-state index is 11.2. The average molecular weight is 782 g/mol. The number of aliphatic hydroxyl groups is 1.